The number of carbonyl (C=O) groups is 2. The minimum Gasteiger partial charge on any atom is -0.481 e. The van der Waals surface area contributed by atoms with E-state index in [1.807, 2.05) is 0 Å². The molecule has 212 valence electrons. The first-order valence-corrected chi connectivity index (χ1v) is 12.4. The lowest BCUT2D eigenvalue weighted by molar-refractivity contribution is -0.138. The average Bonchev–Trinajstić information content (AvgIpc) is 2.79. The highest BCUT2D eigenvalue weighted by molar-refractivity contribution is 5.66. The van der Waals surface area contributed by atoms with Crippen molar-refractivity contribution < 1.29 is 50.4 Å². The highest BCUT2D eigenvalue weighted by Gasteiger charge is 2.01. The van der Waals surface area contributed by atoms with Crippen LogP contribution in [0.1, 0.15) is 57.8 Å². The van der Waals surface area contributed by atoms with Gasteiger partial charge in [-0.2, -0.15) is 0 Å². The molecule has 0 aliphatic carbocycles. The third-order valence-corrected chi connectivity index (χ3v) is 4.78. The van der Waals surface area contributed by atoms with Gasteiger partial charge >= 0.3 is 11.9 Å². The molecule has 0 saturated heterocycles. The number of carboxylic acid groups (broad SMARTS) is 2. The fourth-order valence-electron chi connectivity index (χ4n) is 2.96. The van der Waals surface area contributed by atoms with E-state index in [0.29, 0.717) is 39.3 Å². The van der Waals surface area contributed by atoms with Crippen LogP contribution in [0.2, 0.25) is 0 Å². The number of rotatable bonds is 22. The van der Waals surface area contributed by atoms with Crippen LogP contribution in [0.25, 0.3) is 0 Å². The van der Waals surface area contributed by atoms with E-state index in [9.17, 15) is 9.59 Å². The largest absolute Gasteiger partial charge is 0.481 e. The SMILES string of the molecule is O=C(O)CCCCCCCCCC(=O)O.OCCN(CCO)CCO.OCCN(CCO)CCO. The molecule has 0 saturated carbocycles. The van der Waals surface area contributed by atoms with Crippen LogP contribution in [0, 0.1) is 0 Å². The minimum atomic E-state index is -0.726. The van der Waals surface area contributed by atoms with Gasteiger partial charge in [-0.05, 0) is 12.8 Å². The molecular weight excluding hydrogens is 464 g/mol. The lowest BCUT2D eigenvalue weighted by atomic mass is 10.1. The Hall–Kier alpha value is -1.38. The number of aliphatic hydroxyl groups excluding tert-OH is 6. The van der Waals surface area contributed by atoms with E-state index in [4.69, 9.17) is 40.9 Å². The van der Waals surface area contributed by atoms with Crippen LogP contribution >= 0.6 is 0 Å². The summed E-state index contributed by atoms with van der Waals surface area (Å²) in [6.07, 6.45) is 7.16. The van der Waals surface area contributed by atoms with Crippen molar-refractivity contribution >= 4 is 11.9 Å². The van der Waals surface area contributed by atoms with E-state index < -0.39 is 11.9 Å². The standard InChI is InChI=1S/C11H20O4.2C6H15NO3/c12-10(13)8-6-4-2-1-3-5-7-9-11(14)15;2*8-4-1-7(2-5-9)3-6-10/h1-9H2,(H,12,13)(H,14,15);2*8-10H,1-6H2. The van der Waals surface area contributed by atoms with Crippen molar-refractivity contribution in [2.75, 3.05) is 78.9 Å². The molecule has 0 atom stereocenters. The average molecular weight is 515 g/mol. The summed E-state index contributed by atoms with van der Waals surface area (Å²) in [4.78, 5) is 23.9. The van der Waals surface area contributed by atoms with Gasteiger partial charge in [0.2, 0.25) is 0 Å². The van der Waals surface area contributed by atoms with E-state index in [1.54, 1.807) is 9.80 Å². The van der Waals surface area contributed by atoms with Crippen LogP contribution < -0.4 is 0 Å². The van der Waals surface area contributed by atoms with Crippen molar-refractivity contribution in [3.8, 4) is 0 Å². The van der Waals surface area contributed by atoms with E-state index >= 15 is 0 Å². The fraction of sp³-hybridized carbons (Fsp3) is 0.913. The van der Waals surface area contributed by atoms with Crippen LogP contribution in [-0.4, -0.2) is 142 Å². The van der Waals surface area contributed by atoms with E-state index in [0.717, 1.165) is 44.9 Å². The highest BCUT2D eigenvalue weighted by Crippen LogP contribution is 2.09. The summed E-state index contributed by atoms with van der Waals surface area (Å²) < 4.78 is 0. The Morgan fingerprint density at radius 3 is 0.771 bits per heavy atom. The summed E-state index contributed by atoms with van der Waals surface area (Å²) in [7, 11) is 0. The third kappa shape index (κ3) is 37.3. The Kier molecular flexibility index (Phi) is 35.6. The second kappa shape index (κ2) is 32.6. The smallest absolute Gasteiger partial charge is 0.303 e. The molecule has 0 aromatic carbocycles. The number of carboxylic acids is 2. The molecule has 0 unspecified atom stereocenters. The molecule has 8 N–H and O–H groups in total. The van der Waals surface area contributed by atoms with E-state index in [-0.39, 0.29) is 52.5 Å². The zero-order valence-electron chi connectivity index (χ0n) is 21.1. The predicted molar refractivity (Wildman–Crippen MR) is 132 cm³/mol. The van der Waals surface area contributed by atoms with Crippen molar-refractivity contribution in [3.05, 3.63) is 0 Å². The molecule has 12 nitrogen and oxygen atoms in total. The number of aliphatic carboxylic acids is 2. The van der Waals surface area contributed by atoms with Crippen LogP contribution in [0.5, 0.6) is 0 Å². The fourth-order valence-corrected chi connectivity index (χ4v) is 2.96. The number of unbranched alkanes of at least 4 members (excludes halogenated alkanes) is 6. The van der Waals surface area contributed by atoms with Crippen molar-refractivity contribution in [2.24, 2.45) is 0 Å². The van der Waals surface area contributed by atoms with Gasteiger partial charge in [0, 0.05) is 52.1 Å². The molecule has 0 amide bonds. The van der Waals surface area contributed by atoms with Crippen molar-refractivity contribution in [2.45, 2.75) is 57.8 Å². The van der Waals surface area contributed by atoms with Crippen molar-refractivity contribution in [1.82, 2.24) is 9.80 Å². The zero-order valence-corrected chi connectivity index (χ0v) is 21.1. The Morgan fingerprint density at radius 2 is 0.600 bits per heavy atom. The summed E-state index contributed by atoms with van der Waals surface area (Å²) >= 11 is 0. The number of aliphatic hydroxyl groups is 6. The van der Waals surface area contributed by atoms with Gasteiger partial charge in [-0.3, -0.25) is 19.4 Å². The molecule has 35 heavy (non-hydrogen) atoms. The minimum absolute atomic E-state index is 0.0694. The molecule has 0 aromatic rings. The molecular formula is C23H50N2O10. The molecule has 0 aliphatic rings. The maximum Gasteiger partial charge on any atom is 0.303 e. The van der Waals surface area contributed by atoms with Crippen LogP contribution in [0.3, 0.4) is 0 Å². The third-order valence-electron chi connectivity index (χ3n) is 4.78. The Balaban J connectivity index is -0.000000454. The maximum atomic E-state index is 10.2. The highest BCUT2D eigenvalue weighted by atomic mass is 16.4. The van der Waals surface area contributed by atoms with Gasteiger partial charge in [0.05, 0.1) is 39.6 Å². The Labute approximate surface area is 209 Å². The Bertz CT molecular complexity index is 378. The molecule has 0 heterocycles. The summed E-state index contributed by atoms with van der Waals surface area (Å²) in [6, 6.07) is 0. The van der Waals surface area contributed by atoms with E-state index in [1.165, 1.54) is 0 Å². The van der Waals surface area contributed by atoms with Gasteiger partial charge in [0.25, 0.3) is 0 Å². The summed E-state index contributed by atoms with van der Waals surface area (Å²) in [5, 5.41) is 67.7. The van der Waals surface area contributed by atoms with Crippen LogP contribution in [-0.2, 0) is 9.59 Å². The van der Waals surface area contributed by atoms with Crippen LogP contribution in [0.4, 0.5) is 0 Å². The summed E-state index contributed by atoms with van der Waals surface area (Å²) in [6.45, 7) is 3.51. The lowest BCUT2D eigenvalue weighted by Gasteiger charge is -2.17. The summed E-state index contributed by atoms with van der Waals surface area (Å²) in [5.74, 6) is -1.45. The number of hydrogen-bond acceptors (Lipinski definition) is 10. The van der Waals surface area contributed by atoms with Crippen molar-refractivity contribution in [3.63, 3.8) is 0 Å². The maximum absolute atomic E-state index is 10.2. The molecule has 0 rings (SSSR count). The van der Waals surface area contributed by atoms with Crippen LogP contribution in [0.15, 0.2) is 0 Å². The summed E-state index contributed by atoms with van der Waals surface area (Å²) in [5.41, 5.74) is 0. The van der Waals surface area contributed by atoms with E-state index in [2.05, 4.69) is 0 Å². The van der Waals surface area contributed by atoms with Gasteiger partial charge in [0.15, 0.2) is 0 Å². The topological polar surface area (TPSA) is 202 Å². The molecule has 0 aliphatic heterocycles. The van der Waals surface area contributed by atoms with Gasteiger partial charge in [-0.15, -0.1) is 0 Å². The molecule has 0 fully saturated rings. The van der Waals surface area contributed by atoms with Gasteiger partial charge in [-0.1, -0.05) is 32.1 Å². The molecule has 0 spiro atoms. The monoisotopic (exact) mass is 514 g/mol. The number of nitrogens with zero attached hydrogens (tertiary/aromatic N) is 2. The zero-order chi connectivity index (χ0) is 27.2. The quantitative estimate of drug-likeness (QED) is 0.0837. The first-order valence-electron chi connectivity index (χ1n) is 12.4. The van der Waals surface area contributed by atoms with Gasteiger partial charge in [-0.25, -0.2) is 0 Å². The molecule has 0 aromatic heterocycles. The van der Waals surface area contributed by atoms with Crippen molar-refractivity contribution in [1.29, 1.82) is 0 Å². The first kappa shape index (κ1) is 38.2. The second-order valence-electron chi connectivity index (χ2n) is 7.79. The molecule has 0 radical (unpaired) electrons. The van der Waals surface area contributed by atoms with Gasteiger partial charge < -0.3 is 40.9 Å². The second-order valence-corrected chi connectivity index (χ2v) is 7.79. The number of hydrogen-bond donors (Lipinski definition) is 8. The Morgan fingerprint density at radius 1 is 0.400 bits per heavy atom. The lowest BCUT2D eigenvalue weighted by Crippen LogP contribution is -2.32. The molecule has 12 heteroatoms. The van der Waals surface area contributed by atoms with Gasteiger partial charge in [0.1, 0.15) is 0 Å². The molecule has 0 bridgehead atoms. The predicted octanol–water partition coefficient (Wildman–Crippen LogP) is -0.803. The first-order chi connectivity index (χ1) is 16.8. The normalized spacial score (nSPS) is 10.5.